The van der Waals surface area contributed by atoms with E-state index in [-0.39, 0.29) is 11.2 Å². The molecule has 2 aromatic carbocycles. The van der Waals surface area contributed by atoms with Gasteiger partial charge in [0.15, 0.2) is 0 Å². The van der Waals surface area contributed by atoms with Crippen molar-refractivity contribution in [1.29, 1.82) is 0 Å². The Bertz CT molecular complexity index is 1080. The number of hydrogen-bond donors (Lipinski definition) is 4. The number of rotatable bonds is 9. The van der Waals surface area contributed by atoms with Crippen LogP contribution < -0.4 is 26.4 Å². The zero-order valence-electron chi connectivity index (χ0n) is 18.8. The number of anilines is 4. The van der Waals surface area contributed by atoms with Gasteiger partial charge in [0.25, 0.3) is 5.91 Å². The lowest BCUT2D eigenvalue weighted by Crippen LogP contribution is -3.19. The maximum Gasteiger partial charge on any atom is 0.252 e. The molecule has 172 valence electrons. The summed E-state index contributed by atoms with van der Waals surface area (Å²) in [5.74, 6) is 0.0680. The number of nitrogens with one attached hydrogen (secondary N) is 3. The third-order valence-electron chi connectivity index (χ3n) is 5.67. The van der Waals surface area contributed by atoms with Crippen molar-refractivity contribution in [2.75, 3.05) is 42.7 Å². The molecule has 1 fully saturated rings. The highest BCUT2D eigenvalue weighted by Gasteiger charge is 2.33. The van der Waals surface area contributed by atoms with Crippen LogP contribution in [0.25, 0.3) is 0 Å². The van der Waals surface area contributed by atoms with E-state index in [1.54, 1.807) is 25.2 Å². The van der Waals surface area contributed by atoms with Gasteiger partial charge in [-0.1, -0.05) is 30.3 Å². The molecule has 33 heavy (non-hydrogen) atoms. The average Bonchev–Trinajstić information content (AvgIpc) is 2.78. The average molecular weight is 448 g/mol. The Labute approximate surface area is 193 Å². The number of pyridine rings is 1. The highest BCUT2D eigenvalue weighted by Crippen LogP contribution is 2.25. The first-order valence-electron chi connectivity index (χ1n) is 10.8. The molecule has 9 nitrogen and oxygen atoms in total. The normalized spacial score (nSPS) is 14.6. The van der Waals surface area contributed by atoms with E-state index in [0.717, 1.165) is 30.0 Å². The molecule has 3 aromatic rings. The minimum Gasteiger partial charge on any atom is -0.613 e. The summed E-state index contributed by atoms with van der Waals surface area (Å²) in [6.07, 6.45) is 1.48. The molecule has 1 amide bonds. The quantitative estimate of drug-likeness (QED) is 0.368. The van der Waals surface area contributed by atoms with E-state index in [9.17, 15) is 10.0 Å². The smallest absolute Gasteiger partial charge is 0.252 e. The number of hydroxylamine groups is 1. The molecular formula is C24H29N7O2. The summed E-state index contributed by atoms with van der Waals surface area (Å²) in [6.45, 7) is 2.03. The zero-order chi connectivity index (χ0) is 23.4. The second-order valence-electron chi connectivity index (χ2n) is 8.32. The molecule has 1 aromatic heterocycles. The molecule has 1 aliphatic heterocycles. The number of carbonyl (C=O) groups is 1. The van der Waals surface area contributed by atoms with Crippen LogP contribution in [0.2, 0.25) is 0 Å². The van der Waals surface area contributed by atoms with Gasteiger partial charge < -0.3 is 26.5 Å². The van der Waals surface area contributed by atoms with Gasteiger partial charge in [-0.25, -0.2) is 4.98 Å². The number of aromatic nitrogens is 1. The minimum atomic E-state index is -0.533. The summed E-state index contributed by atoms with van der Waals surface area (Å²) < 4.78 is 0. The lowest BCUT2D eigenvalue weighted by Gasteiger charge is -2.47. The highest BCUT2D eigenvalue weighted by atomic mass is 16.6. The van der Waals surface area contributed by atoms with E-state index in [1.165, 1.54) is 6.20 Å². The molecule has 0 spiro atoms. The standard InChI is InChI=1S/C24H29N7O2/c1-29(2)31(33)20-15-30(16-20)19-10-8-18(9-11-19)28-23-12-22(21(14-27-23)24(25)32)26-13-17-6-4-3-5-7-17/h3-12,14,20,31H,13,15-16H2,1-2H3,(H2,25,32)(H2,26,27,28). The van der Waals surface area contributed by atoms with Crippen molar-refractivity contribution in [1.82, 2.24) is 9.99 Å². The largest absolute Gasteiger partial charge is 0.613 e. The molecule has 2 heterocycles. The van der Waals surface area contributed by atoms with Gasteiger partial charge in [0.05, 0.1) is 24.3 Å². The van der Waals surface area contributed by atoms with E-state index >= 15 is 0 Å². The lowest BCUT2D eigenvalue weighted by atomic mass is 10.1. The number of amides is 1. The number of hydrogen-bond acceptors (Lipinski definition) is 7. The van der Waals surface area contributed by atoms with Crippen LogP contribution in [-0.4, -0.2) is 49.1 Å². The Hall–Kier alpha value is -3.66. The first-order chi connectivity index (χ1) is 15.9. The third kappa shape index (κ3) is 5.40. The van der Waals surface area contributed by atoms with Crippen molar-refractivity contribution in [3.05, 3.63) is 83.2 Å². The Morgan fingerprint density at radius 2 is 1.88 bits per heavy atom. The third-order valence-corrected chi connectivity index (χ3v) is 5.67. The summed E-state index contributed by atoms with van der Waals surface area (Å²) in [6, 6.07) is 19.7. The molecule has 1 saturated heterocycles. The van der Waals surface area contributed by atoms with Crippen molar-refractivity contribution in [3.8, 4) is 0 Å². The summed E-state index contributed by atoms with van der Waals surface area (Å²) >= 11 is 0. The van der Waals surface area contributed by atoms with Gasteiger partial charge in [0, 0.05) is 44.3 Å². The van der Waals surface area contributed by atoms with Crippen molar-refractivity contribution in [2.24, 2.45) is 5.73 Å². The van der Waals surface area contributed by atoms with Crippen LogP contribution in [0.3, 0.4) is 0 Å². The van der Waals surface area contributed by atoms with Crippen LogP contribution in [0.15, 0.2) is 66.9 Å². The number of quaternary nitrogens is 1. The first kappa shape index (κ1) is 22.5. The maximum absolute atomic E-state index is 12.0. The van der Waals surface area contributed by atoms with Crippen molar-refractivity contribution in [2.45, 2.75) is 12.6 Å². The van der Waals surface area contributed by atoms with Crippen LogP contribution in [-0.2, 0) is 6.54 Å². The van der Waals surface area contributed by atoms with E-state index in [4.69, 9.17) is 5.73 Å². The second-order valence-corrected chi connectivity index (χ2v) is 8.32. The number of primary amides is 1. The van der Waals surface area contributed by atoms with Crippen LogP contribution in [0, 0.1) is 5.21 Å². The fourth-order valence-electron chi connectivity index (χ4n) is 3.77. The lowest BCUT2D eigenvalue weighted by molar-refractivity contribution is -0.988. The Balaban J connectivity index is 1.40. The molecule has 9 heteroatoms. The number of nitrogens with two attached hydrogens (primary N) is 1. The molecular weight excluding hydrogens is 418 g/mol. The summed E-state index contributed by atoms with van der Waals surface area (Å²) in [4.78, 5) is 18.4. The Kier molecular flexibility index (Phi) is 6.74. The van der Waals surface area contributed by atoms with Crippen LogP contribution in [0.4, 0.5) is 22.9 Å². The first-order valence-corrected chi connectivity index (χ1v) is 10.8. The van der Waals surface area contributed by atoms with Crippen molar-refractivity contribution >= 4 is 28.8 Å². The number of carbonyl (C=O) groups excluding carboxylic acids is 1. The number of nitrogens with zero attached hydrogens (tertiary/aromatic N) is 3. The second kappa shape index (κ2) is 9.86. The van der Waals surface area contributed by atoms with E-state index in [1.807, 2.05) is 54.6 Å². The van der Waals surface area contributed by atoms with E-state index in [0.29, 0.717) is 23.6 Å². The summed E-state index contributed by atoms with van der Waals surface area (Å²) in [5.41, 5.74) is 9.53. The van der Waals surface area contributed by atoms with Gasteiger partial charge in [-0.3, -0.25) is 9.97 Å². The minimum absolute atomic E-state index is 0.0626. The highest BCUT2D eigenvalue weighted by molar-refractivity contribution is 5.98. The molecule has 4 rings (SSSR count). The molecule has 0 radical (unpaired) electrons. The molecule has 5 N–H and O–H groups in total. The van der Waals surface area contributed by atoms with Gasteiger partial charge in [0.1, 0.15) is 11.9 Å². The van der Waals surface area contributed by atoms with Gasteiger partial charge >= 0.3 is 0 Å². The fraction of sp³-hybridized carbons (Fsp3) is 0.250. The SMILES string of the molecule is CN(C)[NH+]([O-])C1CN(c2ccc(Nc3cc(NCc4ccccc4)c(C(N)=O)cn3)cc2)C1. The van der Waals surface area contributed by atoms with E-state index in [2.05, 4.69) is 20.5 Å². The van der Waals surface area contributed by atoms with Crippen LogP contribution >= 0.6 is 0 Å². The molecule has 0 saturated carbocycles. The van der Waals surface area contributed by atoms with Gasteiger partial charge in [-0.05, 0) is 29.8 Å². The molecule has 1 aliphatic rings. The fourth-order valence-corrected chi connectivity index (χ4v) is 3.77. The molecule has 0 aliphatic carbocycles. The molecule has 1 atom stereocenters. The predicted molar refractivity (Wildman–Crippen MR) is 130 cm³/mol. The van der Waals surface area contributed by atoms with Gasteiger partial charge in [-0.15, -0.1) is 0 Å². The monoisotopic (exact) mass is 447 g/mol. The van der Waals surface area contributed by atoms with Crippen molar-refractivity contribution in [3.63, 3.8) is 0 Å². The summed E-state index contributed by atoms with van der Waals surface area (Å²) in [5, 5.41) is 20.4. The molecule has 1 unspecified atom stereocenters. The zero-order valence-corrected chi connectivity index (χ0v) is 18.8. The van der Waals surface area contributed by atoms with Gasteiger partial charge in [0.2, 0.25) is 0 Å². The molecule has 0 bridgehead atoms. The number of benzene rings is 2. The summed E-state index contributed by atoms with van der Waals surface area (Å²) in [7, 11) is 3.58. The Morgan fingerprint density at radius 3 is 2.52 bits per heavy atom. The Morgan fingerprint density at radius 1 is 1.18 bits per heavy atom. The van der Waals surface area contributed by atoms with Gasteiger partial charge in [-0.2, -0.15) is 5.01 Å². The van der Waals surface area contributed by atoms with Crippen LogP contribution in [0.5, 0.6) is 0 Å². The van der Waals surface area contributed by atoms with Crippen molar-refractivity contribution < 1.29 is 9.97 Å². The van der Waals surface area contributed by atoms with E-state index < -0.39 is 5.91 Å². The topological polar surface area (TPSA) is 114 Å². The predicted octanol–water partition coefficient (Wildman–Crippen LogP) is 1.58. The van der Waals surface area contributed by atoms with Crippen LogP contribution in [0.1, 0.15) is 15.9 Å². The maximum atomic E-state index is 12.0.